The minimum Gasteiger partial charge on any atom is -0.438 e. The van der Waals surface area contributed by atoms with E-state index in [-0.39, 0.29) is 0 Å². The first-order valence-electron chi connectivity index (χ1n) is 9.14. The summed E-state index contributed by atoms with van der Waals surface area (Å²) in [5, 5.41) is 13.2. The van der Waals surface area contributed by atoms with Crippen molar-refractivity contribution in [3.63, 3.8) is 0 Å². The average molecular weight is 349 g/mol. The lowest BCUT2D eigenvalue weighted by molar-refractivity contribution is 0.302. The summed E-state index contributed by atoms with van der Waals surface area (Å²) < 4.78 is 6.23. The molecule has 5 nitrogen and oxygen atoms in total. The highest BCUT2D eigenvalue weighted by Crippen LogP contribution is 2.36. The van der Waals surface area contributed by atoms with Crippen LogP contribution in [0.1, 0.15) is 35.1 Å². The molecule has 2 heterocycles. The van der Waals surface area contributed by atoms with Gasteiger partial charge in [0.1, 0.15) is 5.75 Å². The van der Waals surface area contributed by atoms with E-state index in [9.17, 15) is 5.21 Å². The molecule has 1 N–H and O–H groups in total. The van der Waals surface area contributed by atoms with Gasteiger partial charge < -0.3 is 14.8 Å². The molecule has 0 radical (unpaired) electrons. The number of nitrogens with zero attached hydrogens (tertiary/aromatic N) is 3. The fraction of sp³-hybridized carbons (Fsp3) is 0.333. The average Bonchev–Trinajstić information content (AvgIpc) is 3.18. The topological polar surface area (TPSA) is 58.0 Å². The smallest absolute Gasteiger partial charge is 0.230 e. The standard InChI is InChI=1S/C21H23N3O2/c1-15-10-11-19(17-8-5-7-16(15)17)26-21-18(9-6-12-22-21)20(23-25)24-13-3-2-4-14-24/h2-3,6,9-12,25H,4-5,7-8,13-14H2,1H3/b23-20-. The minimum atomic E-state index is 0.479. The van der Waals surface area contributed by atoms with Gasteiger partial charge in [0.05, 0.1) is 5.56 Å². The Kier molecular flexibility index (Phi) is 4.61. The van der Waals surface area contributed by atoms with Gasteiger partial charge in [-0.05, 0) is 67.5 Å². The number of amidine groups is 1. The molecule has 1 aliphatic heterocycles. The summed E-state index contributed by atoms with van der Waals surface area (Å²) in [5.74, 6) is 1.84. The summed E-state index contributed by atoms with van der Waals surface area (Å²) in [4.78, 5) is 6.46. The molecule has 0 amide bonds. The van der Waals surface area contributed by atoms with Crippen molar-refractivity contribution in [1.82, 2.24) is 9.88 Å². The molecule has 1 aromatic carbocycles. The van der Waals surface area contributed by atoms with E-state index in [1.165, 1.54) is 16.7 Å². The van der Waals surface area contributed by atoms with Crippen molar-refractivity contribution in [2.75, 3.05) is 13.1 Å². The monoisotopic (exact) mass is 349 g/mol. The Hall–Kier alpha value is -2.82. The number of pyridine rings is 1. The van der Waals surface area contributed by atoms with Crippen LogP contribution in [0.3, 0.4) is 0 Å². The number of fused-ring (bicyclic) bond motifs is 1. The summed E-state index contributed by atoms with van der Waals surface area (Å²) in [6, 6.07) is 7.87. The second-order valence-electron chi connectivity index (χ2n) is 6.78. The number of aromatic nitrogens is 1. The van der Waals surface area contributed by atoms with Crippen LogP contribution in [0.2, 0.25) is 0 Å². The lowest BCUT2D eigenvalue weighted by atomic mass is 10.0. The van der Waals surface area contributed by atoms with Crippen molar-refractivity contribution >= 4 is 5.84 Å². The predicted octanol–water partition coefficient (Wildman–Crippen LogP) is 4.07. The highest BCUT2D eigenvalue weighted by Gasteiger charge is 2.23. The van der Waals surface area contributed by atoms with E-state index in [2.05, 4.69) is 35.3 Å². The lowest BCUT2D eigenvalue weighted by Crippen LogP contribution is -2.34. The van der Waals surface area contributed by atoms with Gasteiger partial charge in [-0.15, -0.1) is 0 Å². The van der Waals surface area contributed by atoms with Crippen molar-refractivity contribution in [2.24, 2.45) is 5.16 Å². The molecular formula is C21H23N3O2. The Labute approximate surface area is 153 Å². The third-order valence-electron chi connectivity index (χ3n) is 5.15. The molecule has 1 aromatic heterocycles. The van der Waals surface area contributed by atoms with Gasteiger partial charge in [0.2, 0.25) is 5.88 Å². The number of aryl methyl sites for hydroxylation is 1. The molecule has 0 bridgehead atoms. The van der Waals surface area contributed by atoms with Crippen molar-refractivity contribution in [2.45, 2.75) is 32.6 Å². The lowest BCUT2D eigenvalue weighted by Gasteiger charge is -2.26. The van der Waals surface area contributed by atoms with Crippen LogP contribution in [0.25, 0.3) is 0 Å². The highest BCUT2D eigenvalue weighted by atomic mass is 16.5. The minimum absolute atomic E-state index is 0.479. The van der Waals surface area contributed by atoms with Crippen molar-refractivity contribution in [3.05, 3.63) is 64.9 Å². The van der Waals surface area contributed by atoms with Crippen LogP contribution in [-0.2, 0) is 12.8 Å². The second kappa shape index (κ2) is 7.20. The zero-order valence-electron chi connectivity index (χ0n) is 15.0. The molecule has 0 unspecified atom stereocenters. The van der Waals surface area contributed by atoms with Gasteiger partial charge in [-0.1, -0.05) is 23.4 Å². The molecule has 0 saturated heterocycles. The van der Waals surface area contributed by atoms with E-state index < -0.39 is 0 Å². The van der Waals surface area contributed by atoms with E-state index in [1.54, 1.807) is 6.20 Å². The third-order valence-corrected chi connectivity index (χ3v) is 5.15. The Balaban J connectivity index is 1.69. The van der Waals surface area contributed by atoms with Crippen LogP contribution in [0.4, 0.5) is 0 Å². The normalized spacial score (nSPS) is 16.7. The summed E-state index contributed by atoms with van der Waals surface area (Å²) in [5.41, 5.74) is 4.71. The fourth-order valence-electron chi connectivity index (χ4n) is 3.82. The first-order valence-corrected chi connectivity index (χ1v) is 9.14. The number of benzene rings is 1. The molecule has 26 heavy (non-hydrogen) atoms. The van der Waals surface area contributed by atoms with E-state index in [1.807, 2.05) is 23.1 Å². The maximum absolute atomic E-state index is 9.65. The van der Waals surface area contributed by atoms with Crippen LogP contribution in [-0.4, -0.2) is 34.0 Å². The van der Waals surface area contributed by atoms with Crippen LogP contribution >= 0.6 is 0 Å². The first kappa shape index (κ1) is 16.6. The Morgan fingerprint density at radius 1 is 1.19 bits per heavy atom. The summed E-state index contributed by atoms with van der Waals surface area (Å²) in [7, 11) is 0. The summed E-state index contributed by atoms with van der Waals surface area (Å²) >= 11 is 0. The maximum atomic E-state index is 9.65. The van der Waals surface area contributed by atoms with Crippen LogP contribution < -0.4 is 4.74 Å². The Morgan fingerprint density at radius 2 is 2.08 bits per heavy atom. The quantitative estimate of drug-likeness (QED) is 0.298. The zero-order chi connectivity index (χ0) is 17.9. The maximum Gasteiger partial charge on any atom is 0.230 e. The van der Waals surface area contributed by atoms with Gasteiger partial charge in [-0.25, -0.2) is 4.98 Å². The van der Waals surface area contributed by atoms with E-state index >= 15 is 0 Å². The van der Waals surface area contributed by atoms with Gasteiger partial charge in [0, 0.05) is 19.3 Å². The zero-order valence-corrected chi connectivity index (χ0v) is 15.0. The van der Waals surface area contributed by atoms with Gasteiger partial charge in [-0.2, -0.15) is 0 Å². The fourth-order valence-corrected chi connectivity index (χ4v) is 3.82. The molecule has 5 heteroatoms. The van der Waals surface area contributed by atoms with E-state index in [4.69, 9.17) is 4.74 Å². The van der Waals surface area contributed by atoms with Gasteiger partial charge in [-0.3, -0.25) is 0 Å². The van der Waals surface area contributed by atoms with Crippen LogP contribution in [0.5, 0.6) is 11.6 Å². The number of hydrogen-bond acceptors (Lipinski definition) is 4. The third kappa shape index (κ3) is 3.05. The Bertz CT molecular complexity index is 874. The van der Waals surface area contributed by atoms with Crippen LogP contribution in [0.15, 0.2) is 47.8 Å². The van der Waals surface area contributed by atoms with Crippen molar-refractivity contribution in [1.29, 1.82) is 0 Å². The molecule has 0 spiro atoms. The number of rotatable bonds is 3. The largest absolute Gasteiger partial charge is 0.438 e. The first-order chi connectivity index (χ1) is 12.8. The van der Waals surface area contributed by atoms with Crippen LogP contribution in [0, 0.1) is 6.92 Å². The number of ether oxygens (including phenoxy) is 1. The molecule has 134 valence electrons. The van der Waals surface area contributed by atoms with Gasteiger partial charge >= 0.3 is 0 Å². The van der Waals surface area contributed by atoms with E-state index in [0.717, 1.165) is 38.0 Å². The van der Waals surface area contributed by atoms with Crippen molar-refractivity contribution in [3.8, 4) is 11.6 Å². The number of hydrogen-bond donors (Lipinski definition) is 1. The number of oxime groups is 1. The van der Waals surface area contributed by atoms with E-state index in [0.29, 0.717) is 23.8 Å². The predicted molar refractivity (Wildman–Crippen MR) is 101 cm³/mol. The highest BCUT2D eigenvalue weighted by molar-refractivity contribution is 6.00. The molecule has 2 aromatic rings. The van der Waals surface area contributed by atoms with Gasteiger partial charge in [0.25, 0.3) is 0 Å². The molecule has 0 saturated carbocycles. The molecule has 1 aliphatic carbocycles. The molecule has 0 atom stereocenters. The molecule has 0 fully saturated rings. The summed E-state index contributed by atoms with van der Waals surface area (Å²) in [6.45, 7) is 3.68. The molecule has 4 rings (SSSR count). The SMILES string of the molecule is Cc1ccc(Oc2ncccc2/C(=N/O)N2CC=CCC2)c2c1CCC2. The molecule has 2 aliphatic rings. The summed E-state index contributed by atoms with van der Waals surface area (Å²) in [6.07, 6.45) is 10.2. The van der Waals surface area contributed by atoms with Crippen molar-refractivity contribution < 1.29 is 9.94 Å². The van der Waals surface area contributed by atoms with Gasteiger partial charge in [0.15, 0.2) is 5.84 Å². The Morgan fingerprint density at radius 3 is 2.88 bits per heavy atom. The second-order valence-corrected chi connectivity index (χ2v) is 6.78. The molecular weight excluding hydrogens is 326 g/mol.